The molecule has 2 saturated carbocycles. The average Bonchev–Trinajstić information content (AvgIpc) is 3.81. The van der Waals surface area contributed by atoms with Crippen molar-refractivity contribution >= 4 is 46.3 Å². The topological polar surface area (TPSA) is 72.6 Å². The van der Waals surface area contributed by atoms with Crippen LogP contribution in [0.5, 0.6) is 5.75 Å². The quantitative estimate of drug-likeness (QED) is 0.283. The lowest BCUT2D eigenvalue weighted by atomic mass is 9.97. The van der Waals surface area contributed by atoms with E-state index in [2.05, 4.69) is 5.16 Å². The molecule has 3 aliphatic rings. The third kappa shape index (κ3) is 4.93. The number of carbonyl (C=O) groups is 1. The Hall–Kier alpha value is -2.73. The lowest BCUT2D eigenvalue weighted by Crippen LogP contribution is -2.10. The van der Waals surface area contributed by atoms with Gasteiger partial charge < -0.3 is 14.4 Å². The predicted octanol–water partition coefficient (Wildman–Crippen LogP) is 8.27. The van der Waals surface area contributed by atoms with E-state index in [9.17, 15) is 9.90 Å². The van der Waals surface area contributed by atoms with E-state index < -0.39 is 5.97 Å². The van der Waals surface area contributed by atoms with Crippen molar-refractivity contribution in [3.8, 4) is 5.75 Å². The maximum absolute atomic E-state index is 11.3. The highest BCUT2D eigenvalue weighted by atomic mass is 35.5. The molecule has 2 fully saturated rings. The Morgan fingerprint density at radius 3 is 2.70 bits per heavy atom. The fraction of sp³-hybridized carbons (Fsp3) is 0.310. The number of halogens is 3. The van der Waals surface area contributed by atoms with Crippen molar-refractivity contribution in [3.63, 3.8) is 0 Å². The van der Waals surface area contributed by atoms with Crippen molar-refractivity contribution in [2.24, 2.45) is 0 Å². The van der Waals surface area contributed by atoms with Gasteiger partial charge in [-0.1, -0.05) is 52.6 Å². The van der Waals surface area contributed by atoms with Crippen molar-refractivity contribution in [3.05, 3.63) is 98.4 Å². The van der Waals surface area contributed by atoms with E-state index in [1.165, 1.54) is 0 Å². The number of rotatable bonds is 8. The molecule has 190 valence electrons. The van der Waals surface area contributed by atoms with Gasteiger partial charge in [-0.05, 0) is 79.0 Å². The molecule has 5 nitrogen and oxygen atoms in total. The van der Waals surface area contributed by atoms with Crippen LogP contribution in [0, 0.1) is 0 Å². The average molecular weight is 557 g/mol. The Kier molecular flexibility index (Phi) is 6.56. The van der Waals surface area contributed by atoms with Gasteiger partial charge in [-0.2, -0.15) is 0 Å². The van der Waals surface area contributed by atoms with Gasteiger partial charge in [-0.15, -0.1) is 11.6 Å². The van der Waals surface area contributed by atoms with Gasteiger partial charge in [0.05, 0.1) is 16.5 Å². The van der Waals surface area contributed by atoms with Gasteiger partial charge in [0.15, 0.2) is 0 Å². The zero-order valence-electron chi connectivity index (χ0n) is 19.8. The first-order chi connectivity index (χ1) is 17.9. The molecule has 3 unspecified atom stereocenters. The molecule has 1 aromatic heterocycles. The zero-order valence-corrected chi connectivity index (χ0v) is 22.1. The Morgan fingerprint density at radius 2 is 1.97 bits per heavy atom. The number of alkyl halides is 1. The van der Waals surface area contributed by atoms with Gasteiger partial charge in [0.25, 0.3) is 0 Å². The van der Waals surface area contributed by atoms with Crippen LogP contribution in [0.15, 0.2) is 64.2 Å². The third-order valence-electron chi connectivity index (χ3n) is 7.31. The number of aromatic carboxylic acids is 1. The van der Waals surface area contributed by atoms with Crippen molar-refractivity contribution in [1.82, 2.24) is 5.16 Å². The van der Waals surface area contributed by atoms with Crippen LogP contribution in [0.25, 0.3) is 5.57 Å². The molecule has 0 spiro atoms. The van der Waals surface area contributed by atoms with Crippen LogP contribution in [0.2, 0.25) is 5.02 Å². The van der Waals surface area contributed by atoms with Crippen LogP contribution in [0.3, 0.4) is 0 Å². The number of nitrogens with zero attached hydrogens (tertiary/aromatic N) is 1. The van der Waals surface area contributed by atoms with E-state index in [0.717, 1.165) is 47.3 Å². The number of aromatic nitrogens is 1. The summed E-state index contributed by atoms with van der Waals surface area (Å²) in [6.07, 6.45) is 7.56. The van der Waals surface area contributed by atoms with Gasteiger partial charge in [0.1, 0.15) is 23.8 Å². The molecule has 37 heavy (non-hydrogen) atoms. The molecular weight excluding hydrogens is 533 g/mol. The number of carboxylic acid groups (broad SMARTS) is 1. The SMILES string of the molecule is O=C(O)c1cccc(C2CC2c2ccc(OCc3c(C4=C(Cl)C=CCC4Cl)noc3C3CC3)cc2Cl)c1. The molecule has 6 rings (SSSR count). The predicted molar refractivity (Wildman–Crippen MR) is 144 cm³/mol. The zero-order chi connectivity index (χ0) is 25.7. The normalized spacial score (nSPS) is 22.8. The molecule has 1 heterocycles. The molecule has 0 bridgehead atoms. The Morgan fingerprint density at radius 1 is 1.14 bits per heavy atom. The van der Waals surface area contributed by atoms with Crippen LogP contribution in [-0.4, -0.2) is 21.6 Å². The maximum Gasteiger partial charge on any atom is 0.335 e. The van der Waals surface area contributed by atoms with E-state index >= 15 is 0 Å². The van der Waals surface area contributed by atoms with Crippen LogP contribution in [-0.2, 0) is 6.61 Å². The van der Waals surface area contributed by atoms with E-state index in [1.54, 1.807) is 18.2 Å². The summed E-state index contributed by atoms with van der Waals surface area (Å²) in [6.45, 7) is 0.273. The molecule has 0 aliphatic heterocycles. The van der Waals surface area contributed by atoms with Gasteiger partial charge in [0.2, 0.25) is 0 Å². The molecule has 8 heteroatoms. The van der Waals surface area contributed by atoms with Crippen molar-refractivity contribution < 1.29 is 19.2 Å². The molecule has 3 aliphatic carbocycles. The molecule has 3 atom stereocenters. The number of ether oxygens (including phenoxy) is 1. The fourth-order valence-electron chi connectivity index (χ4n) is 5.11. The number of benzene rings is 2. The second kappa shape index (κ2) is 9.86. The summed E-state index contributed by atoms with van der Waals surface area (Å²) in [5.41, 5.74) is 4.71. The van der Waals surface area contributed by atoms with E-state index in [4.69, 9.17) is 44.1 Å². The maximum atomic E-state index is 11.3. The number of allylic oxidation sites excluding steroid dienone is 4. The minimum absolute atomic E-state index is 0.255. The van der Waals surface area contributed by atoms with Gasteiger partial charge in [-0.3, -0.25) is 0 Å². The summed E-state index contributed by atoms with van der Waals surface area (Å²) in [6, 6.07) is 12.9. The summed E-state index contributed by atoms with van der Waals surface area (Å²) in [7, 11) is 0. The second-order valence-electron chi connectivity index (χ2n) is 9.87. The van der Waals surface area contributed by atoms with Crippen molar-refractivity contribution in [2.45, 2.75) is 55.4 Å². The second-order valence-corrected chi connectivity index (χ2v) is 11.2. The minimum Gasteiger partial charge on any atom is -0.489 e. The summed E-state index contributed by atoms with van der Waals surface area (Å²) >= 11 is 19.8. The summed E-state index contributed by atoms with van der Waals surface area (Å²) in [5, 5.41) is 14.6. The Labute approximate surface area is 229 Å². The molecular formula is C29H24Cl3NO4. The van der Waals surface area contributed by atoms with Crippen LogP contribution in [0.4, 0.5) is 0 Å². The van der Waals surface area contributed by atoms with Crippen molar-refractivity contribution in [2.75, 3.05) is 0 Å². The van der Waals surface area contributed by atoms with Gasteiger partial charge in [-0.25, -0.2) is 4.79 Å². The fourth-order valence-corrected chi connectivity index (χ4v) is 6.11. The highest BCUT2D eigenvalue weighted by molar-refractivity contribution is 6.38. The first-order valence-electron chi connectivity index (χ1n) is 12.3. The monoisotopic (exact) mass is 555 g/mol. The largest absolute Gasteiger partial charge is 0.489 e. The number of carboxylic acids is 1. The molecule has 2 aromatic carbocycles. The van der Waals surface area contributed by atoms with E-state index in [-0.39, 0.29) is 23.8 Å². The standard InChI is InChI=1S/C29H24Cl3NO4/c30-23-5-2-6-24(31)26(23)27-22(28(37-33-27)15-7-8-15)14-36-18-9-10-19(25(32)12-18)21-13-20(21)16-3-1-4-17(11-16)29(34)35/h1-5,9-12,15,20-21,24H,6-8,13-14H2,(H,34,35). The summed E-state index contributed by atoms with van der Waals surface area (Å²) in [4.78, 5) is 11.3. The highest BCUT2D eigenvalue weighted by Gasteiger charge is 2.41. The van der Waals surface area contributed by atoms with E-state index in [1.807, 2.05) is 36.4 Å². The Balaban J connectivity index is 1.20. The lowest BCUT2D eigenvalue weighted by Gasteiger charge is -2.17. The first-order valence-corrected chi connectivity index (χ1v) is 13.5. The number of hydrogen-bond acceptors (Lipinski definition) is 4. The number of hydrogen-bond donors (Lipinski definition) is 1. The van der Waals surface area contributed by atoms with Gasteiger partial charge >= 0.3 is 5.97 Å². The van der Waals surface area contributed by atoms with Crippen molar-refractivity contribution in [1.29, 1.82) is 0 Å². The first kappa shape index (κ1) is 24.6. The smallest absolute Gasteiger partial charge is 0.335 e. The Bertz CT molecular complexity index is 1440. The van der Waals surface area contributed by atoms with Crippen LogP contribution in [0.1, 0.15) is 81.9 Å². The summed E-state index contributed by atoms with van der Waals surface area (Å²) in [5.74, 6) is 1.45. The highest BCUT2D eigenvalue weighted by Crippen LogP contribution is 2.56. The molecule has 0 radical (unpaired) electrons. The lowest BCUT2D eigenvalue weighted by molar-refractivity contribution is 0.0696. The molecule has 0 amide bonds. The third-order valence-corrected chi connectivity index (χ3v) is 8.36. The van der Waals surface area contributed by atoms with Crippen LogP contribution < -0.4 is 4.74 Å². The summed E-state index contributed by atoms with van der Waals surface area (Å²) < 4.78 is 11.9. The minimum atomic E-state index is -0.917. The van der Waals surface area contributed by atoms with E-state index in [0.29, 0.717) is 39.4 Å². The van der Waals surface area contributed by atoms with Gasteiger partial charge in [0, 0.05) is 21.5 Å². The molecule has 0 saturated heterocycles. The molecule has 3 aromatic rings. The van der Waals surface area contributed by atoms with Crippen LogP contribution >= 0.6 is 34.8 Å². The molecule has 1 N–H and O–H groups in total.